The van der Waals surface area contributed by atoms with Crippen molar-refractivity contribution in [3.63, 3.8) is 0 Å². The van der Waals surface area contributed by atoms with E-state index >= 15 is 0 Å². The van der Waals surface area contributed by atoms with Crippen LogP contribution in [0.3, 0.4) is 0 Å². The van der Waals surface area contributed by atoms with Crippen molar-refractivity contribution in [1.29, 1.82) is 0 Å². The lowest BCUT2D eigenvalue weighted by molar-refractivity contribution is 0.340. The summed E-state index contributed by atoms with van der Waals surface area (Å²) < 4.78 is 5.81. The lowest BCUT2D eigenvalue weighted by atomic mass is 10.2. The van der Waals surface area contributed by atoms with E-state index in [1.807, 2.05) is 30.8 Å². The molecule has 4 nitrogen and oxygen atoms in total. The van der Waals surface area contributed by atoms with Gasteiger partial charge >= 0.3 is 0 Å². The molecule has 0 saturated heterocycles. The highest BCUT2D eigenvalue weighted by atomic mass is 32.2. The number of benzene rings is 1. The van der Waals surface area contributed by atoms with E-state index in [-0.39, 0.29) is 0 Å². The van der Waals surface area contributed by atoms with Crippen LogP contribution in [0.1, 0.15) is 20.3 Å². The lowest BCUT2D eigenvalue weighted by Crippen LogP contribution is -1.95. The minimum Gasteiger partial charge on any atom is -0.493 e. The van der Waals surface area contributed by atoms with Gasteiger partial charge in [0.15, 0.2) is 5.65 Å². The molecule has 0 saturated carbocycles. The zero-order valence-electron chi connectivity index (χ0n) is 12.8. The molecule has 0 bridgehead atoms. The zero-order chi connectivity index (χ0) is 15.4. The number of nitrogens with zero attached hydrogens (tertiary/aromatic N) is 2. The largest absolute Gasteiger partial charge is 0.493 e. The Hall–Kier alpha value is -2.01. The van der Waals surface area contributed by atoms with Gasteiger partial charge in [-0.15, -0.1) is 11.8 Å². The number of fused-ring (bicyclic) bond motifs is 1. The average Bonchev–Trinajstić information content (AvgIpc) is 2.97. The number of ether oxygens (including phenoxy) is 1. The summed E-state index contributed by atoms with van der Waals surface area (Å²) in [5, 5.41) is 0. The molecule has 0 spiro atoms. The van der Waals surface area contributed by atoms with Gasteiger partial charge in [-0.2, -0.15) is 0 Å². The van der Waals surface area contributed by atoms with Crippen LogP contribution in [0.2, 0.25) is 0 Å². The van der Waals surface area contributed by atoms with Gasteiger partial charge in [0.25, 0.3) is 0 Å². The number of aromatic amines is 1. The van der Waals surface area contributed by atoms with Crippen LogP contribution in [0.25, 0.3) is 22.6 Å². The molecule has 0 aliphatic rings. The number of rotatable bonds is 6. The minimum atomic E-state index is 0.632. The van der Waals surface area contributed by atoms with Crippen LogP contribution in [0.15, 0.2) is 41.4 Å². The zero-order valence-corrected chi connectivity index (χ0v) is 13.6. The van der Waals surface area contributed by atoms with Crippen LogP contribution in [0.5, 0.6) is 5.75 Å². The van der Waals surface area contributed by atoms with Crippen molar-refractivity contribution in [1.82, 2.24) is 15.0 Å². The van der Waals surface area contributed by atoms with E-state index in [2.05, 4.69) is 40.1 Å². The van der Waals surface area contributed by atoms with Gasteiger partial charge in [0.05, 0.1) is 17.7 Å². The number of thioether (sulfide) groups is 1. The fourth-order valence-electron chi connectivity index (χ4n) is 2.26. The van der Waals surface area contributed by atoms with Crippen molar-refractivity contribution < 1.29 is 4.74 Å². The van der Waals surface area contributed by atoms with Crippen LogP contribution < -0.4 is 4.74 Å². The maximum absolute atomic E-state index is 5.81. The molecular formula is C17H19N3OS. The molecule has 114 valence electrons. The molecule has 1 aromatic carbocycles. The van der Waals surface area contributed by atoms with Crippen LogP contribution >= 0.6 is 11.8 Å². The maximum atomic E-state index is 5.81. The molecule has 0 unspecified atom stereocenters. The average molecular weight is 313 g/mol. The smallest absolute Gasteiger partial charge is 0.178 e. The van der Waals surface area contributed by atoms with Crippen molar-refractivity contribution in [2.75, 3.05) is 12.4 Å². The van der Waals surface area contributed by atoms with Gasteiger partial charge in [0, 0.05) is 11.1 Å². The Kier molecular flexibility index (Phi) is 4.63. The summed E-state index contributed by atoms with van der Waals surface area (Å²) in [7, 11) is 0. The molecule has 0 fully saturated rings. The first-order valence-corrected chi connectivity index (χ1v) is 8.51. The SMILES string of the molecule is CCCSc1ccc(-c2nc3ncccc3[nH]2)c(OCC)c1. The van der Waals surface area contributed by atoms with Crippen molar-refractivity contribution in [2.45, 2.75) is 25.2 Å². The second kappa shape index (κ2) is 6.83. The highest BCUT2D eigenvalue weighted by Gasteiger charge is 2.12. The summed E-state index contributed by atoms with van der Waals surface area (Å²) in [6.45, 7) is 4.81. The van der Waals surface area contributed by atoms with Crippen molar-refractivity contribution in [3.8, 4) is 17.1 Å². The molecular weight excluding hydrogens is 294 g/mol. The Morgan fingerprint density at radius 1 is 1.23 bits per heavy atom. The Morgan fingerprint density at radius 3 is 2.91 bits per heavy atom. The fraction of sp³-hybridized carbons (Fsp3) is 0.294. The molecule has 1 N–H and O–H groups in total. The third kappa shape index (κ3) is 3.09. The Labute approximate surface area is 134 Å². The number of hydrogen-bond acceptors (Lipinski definition) is 4. The highest BCUT2D eigenvalue weighted by molar-refractivity contribution is 7.99. The third-order valence-electron chi connectivity index (χ3n) is 3.24. The summed E-state index contributed by atoms with van der Waals surface area (Å²) in [6.07, 6.45) is 2.91. The first kappa shape index (κ1) is 14.9. The minimum absolute atomic E-state index is 0.632. The van der Waals surface area contributed by atoms with Crippen LogP contribution in [-0.4, -0.2) is 27.3 Å². The summed E-state index contributed by atoms with van der Waals surface area (Å²) in [5.41, 5.74) is 2.63. The number of H-pyrrole nitrogens is 1. The van der Waals surface area contributed by atoms with Crippen molar-refractivity contribution >= 4 is 22.9 Å². The molecule has 0 aliphatic carbocycles. The van der Waals surface area contributed by atoms with Gasteiger partial charge in [0.2, 0.25) is 0 Å². The van der Waals surface area contributed by atoms with Gasteiger partial charge < -0.3 is 9.72 Å². The number of hydrogen-bond donors (Lipinski definition) is 1. The number of pyridine rings is 1. The Balaban J connectivity index is 2.00. The quantitative estimate of drug-likeness (QED) is 0.679. The van der Waals surface area contributed by atoms with E-state index in [1.54, 1.807) is 6.20 Å². The van der Waals surface area contributed by atoms with E-state index in [4.69, 9.17) is 4.74 Å². The fourth-order valence-corrected chi connectivity index (χ4v) is 3.05. The molecule has 0 radical (unpaired) electrons. The molecule has 2 heterocycles. The summed E-state index contributed by atoms with van der Waals surface area (Å²) >= 11 is 1.85. The van der Waals surface area contributed by atoms with E-state index in [1.165, 1.54) is 4.90 Å². The van der Waals surface area contributed by atoms with E-state index in [0.717, 1.165) is 40.5 Å². The second-order valence-electron chi connectivity index (χ2n) is 4.90. The number of imidazole rings is 1. The molecule has 0 atom stereocenters. The molecule has 3 rings (SSSR count). The first-order chi connectivity index (χ1) is 10.8. The summed E-state index contributed by atoms with van der Waals surface area (Å²) in [5.74, 6) is 2.77. The molecule has 3 aromatic rings. The van der Waals surface area contributed by atoms with E-state index < -0.39 is 0 Å². The molecule has 5 heteroatoms. The van der Waals surface area contributed by atoms with E-state index in [0.29, 0.717) is 6.61 Å². The third-order valence-corrected chi connectivity index (χ3v) is 4.44. The number of aromatic nitrogens is 3. The van der Waals surface area contributed by atoms with Crippen LogP contribution in [0.4, 0.5) is 0 Å². The highest BCUT2D eigenvalue weighted by Crippen LogP contribution is 2.33. The van der Waals surface area contributed by atoms with Gasteiger partial charge in [-0.05, 0) is 49.4 Å². The molecule has 0 amide bonds. The predicted molar refractivity (Wildman–Crippen MR) is 91.5 cm³/mol. The van der Waals surface area contributed by atoms with E-state index in [9.17, 15) is 0 Å². The molecule has 0 aliphatic heterocycles. The monoisotopic (exact) mass is 313 g/mol. The summed E-state index contributed by atoms with van der Waals surface area (Å²) in [6, 6.07) is 10.2. The van der Waals surface area contributed by atoms with Crippen LogP contribution in [-0.2, 0) is 0 Å². The van der Waals surface area contributed by atoms with Gasteiger partial charge in [-0.1, -0.05) is 6.92 Å². The first-order valence-electron chi connectivity index (χ1n) is 7.52. The normalized spacial score (nSPS) is 11.0. The van der Waals surface area contributed by atoms with Crippen molar-refractivity contribution in [3.05, 3.63) is 36.5 Å². The Morgan fingerprint density at radius 2 is 2.14 bits per heavy atom. The Bertz CT molecular complexity index is 736. The predicted octanol–water partition coefficient (Wildman–Crippen LogP) is 4.53. The maximum Gasteiger partial charge on any atom is 0.178 e. The molecule has 2 aromatic heterocycles. The topological polar surface area (TPSA) is 50.8 Å². The van der Waals surface area contributed by atoms with Gasteiger partial charge in [0.1, 0.15) is 11.6 Å². The lowest BCUT2D eigenvalue weighted by Gasteiger charge is -2.10. The van der Waals surface area contributed by atoms with Crippen LogP contribution in [0, 0.1) is 0 Å². The van der Waals surface area contributed by atoms with Gasteiger partial charge in [-0.3, -0.25) is 0 Å². The summed E-state index contributed by atoms with van der Waals surface area (Å²) in [4.78, 5) is 13.4. The standard InChI is InChI=1S/C17H19N3OS/c1-3-10-22-12-7-8-13(15(11-12)21-4-2)16-19-14-6-5-9-18-17(14)20-16/h5-9,11H,3-4,10H2,1-2H3,(H,18,19,20). The second-order valence-corrected chi connectivity index (χ2v) is 6.07. The van der Waals surface area contributed by atoms with Crippen molar-refractivity contribution in [2.24, 2.45) is 0 Å². The molecule has 22 heavy (non-hydrogen) atoms. The number of nitrogens with one attached hydrogen (secondary N) is 1. The van der Waals surface area contributed by atoms with Gasteiger partial charge in [-0.25, -0.2) is 9.97 Å².